The molecule has 0 spiro atoms. The zero-order valence-corrected chi connectivity index (χ0v) is 17.5. The second-order valence-electron chi connectivity index (χ2n) is 7.43. The van der Waals surface area contributed by atoms with Crippen molar-refractivity contribution in [3.05, 3.63) is 65.2 Å². The first-order chi connectivity index (χ1) is 14.8. The highest BCUT2D eigenvalue weighted by Crippen LogP contribution is 2.25. The topological polar surface area (TPSA) is 63.9 Å². The van der Waals surface area contributed by atoms with Crippen molar-refractivity contribution >= 4 is 23.3 Å². The Balaban J connectivity index is 1.48. The molecule has 0 amide bonds. The van der Waals surface area contributed by atoms with Crippen LogP contribution in [0.3, 0.4) is 0 Å². The number of nitrogens with zero attached hydrogens (tertiary/aromatic N) is 5. The maximum Gasteiger partial charge on any atom is 0.195 e. The summed E-state index contributed by atoms with van der Waals surface area (Å²) in [5, 5.41) is 7.53. The van der Waals surface area contributed by atoms with E-state index in [-0.39, 0.29) is 0 Å². The Morgan fingerprint density at radius 3 is 2.53 bits per heavy atom. The fraction of sp³-hybridized carbons (Fsp3) is 0.318. The van der Waals surface area contributed by atoms with Gasteiger partial charge in [-0.05, 0) is 24.4 Å². The van der Waals surface area contributed by atoms with E-state index in [4.69, 9.17) is 21.9 Å². The van der Waals surface area contributed by atoms with Gasteiger partial charge in [0.15, 0.2) is 10.6 Å². The maximum atomic E-state index is 5.53. The Hall–Kier alpha value is -2.81. The standard InChI is InChI=1S/C22H24N6OS/c30-22-25-24-20(27(22)11-10-26-12-14-29-15-13-26)16-28-19-9-5-4-8-18(19)23-21(28)17-6-2-1-3-7-17/h1-9H,10-16H2,(H,25,30). The first-order valence-corrected chi connectivity index (χ1v) is 10.7. The Morgan fingerprint density at radius 1 is 0.933 bits per heavy atom. The van der Waals surface area contributed by atoms with Crippen LogP contribution in [0.1, 0.15) is 5.82 Å². The van der Waals surface area contributed by atoms with Crippen molar-refractivity contribution in [1.82, 2.24) is 29.2 Å². The molecule has 30 heavy (non-hydrogen) atoms. The predicted molar refractivity (Wildman–Crippen MR) is 119 cm³/mol. The molecule has 2 aromatic carbocycles. The molecule has 3 heterocycles. The molecule has 0 radical (unpaired) electrons. The number of H-pyrrole nitrogens is 1. The van der Waals surface area contributed by atoms with Crippen LogP contribution < -0.4 is 0 Å². The first kappa shape index (κ1) is 19.2. The fourth-order valence-corrected chi connectivity index (χ4v) is 4.19. The minimum atomic E-state index is 0.598. The second-order valence-corrected chi connectivity index (χ2v) is 7.81. The van der Waals surface area contributed by atoms with Gasteiger partial charge in [-0.3, -0.25) is 10.00 Å². The molecule has 0 aliphatic carbocycles. The molecule has 0 bridgehead atoms. The SMILES string of the molecule is S=c1[nH]nc(Cn2c(-c3ccccc3)nc3ccccc32)n1CCN1CCOCC1. The summed E-state index contributed by atoms with van der Waals surface area (Å²) in [5.74, 6) is 1.85. The molecule has 0 saturated carbocycles. The number of ether oxygens (including phenoxy) is 1. The highest BCUT2D eigenvalue weighted by molar-refractivity contribution is 7.71. The molecule has 0 atom stereocenters. The van der Waals surface area contributed by atoms with Crippen LogP contribution in [0.15, 0.2) is 54.6 Å². The van der Waals surface area contributed by atoms with Crippen molar-refractivity contribution in [3.63, 3.8) is 0 Å². The number of nitrogens with one attached hydrogen (secondary N) is 1. The Morgan fingerprint density at radius 2 is 1.70 bits per heavy atom. The summed E-state index contributed by atoms with van der Waals surface area (Å²) in [6.07, 6.45) is 0. The third-order valence-electron chi connectivity index (χ3n) is 5.57. The molecule has 4 aromatic rings. The number of morpholine rings is 1. The van der Waals surface area contributed by atoms with Gasteiger partial charge >= 0.3 is 0 Å². The summed E-state index contributed by atoms with van der Waals surface area (Å²) in [6, 6.07) is 18.5. The van der Waals surface area contributed by atoms with Gasteiger partial charge in [0, 0.05) is 31.7 Å². The van der Waals surface area contributed by atoms with Gasteiger partial charge in [-0.25, -0.2) is 4.98 Å². The number of aromatic amines is 1. The first-order valence-electron chi connectivity index (χ1n) is 10.2. The number of aromatic nitrogens is 5. The van der Waals surface area contributed by atoms with E-state index in [1.807, 2.05) is 36.4 Å². The van der Waals surface area contributed by atoms with Crippen molar-refractivity contribution in [3.8, 4) is 11.4 Å². The molecule has 0 unspecified atom stereocenters. The van der Waals surface area contributed by atoms with Gasteiger partial charge in [0.1, 0.15) is 5.82 Å². The van der Waals surface area contributed by atoms with E-state index < -0.39 is 0 Å². The number of para-hydroxylation sites is 2. The van der Waals surface area contributed by atoms with Gasteiger partial charge in [-0.15, -0.1) is 0 Å². The predicted octanol–water partition coefficient (Wildman–Crippen LogP) is 3.34. The Bertz CT molecular complexity index is 1190. The molecule has 1 fully saturated rings. The number of benzene rings is 2. The zero-order chi connectivity index (χ0) is 20.3. The van der Waals surface area contributed by atoms with Crippen molar-refractivity contribution < 1.29 is 4.74 Å². The summed E-state index contributed by atoms with van der Waals surface area (Å²) in [7, 11) is 0. The Labute approximate surface area is 179 Å². The van der Waals surface area contributed by atoms with Crippen LogP contribution in [-0.2, 0) is 17.8 Å². The molecule has 2 aromatic heterocycles. The summed E-state index contributed by atoms with van der Waals surface area (Å²) >= 11 is 5.53. The lowest BCUT2D eigenvalue weighted by molar-refractivity contribution is 0.0362. The summed E-state index contributed by atoms with van der Waals surface area (Å²) < 4.78 is 10.4. The van der Waals surface area contributed by atoms with Crippen molar-refractivity contribution in [2.45, 2.75) is 13.1 Å². The molecule has 1 aliphatic heterocycles. The van der Waals surface area contributed by atoms with E-state index in [1.54, 1.807) is 0 Å². The van der Waals surface area contributed by atoms with E-state index in [1.165, 1.54) is 0 Å². The molecule has 1 saturated heterocycles. The van der Waals surface area contributed by atoms with Crippen LogP contribution in [0.2, 0.25) is 0 Å². The normalized spacial score (nSPS) is 15.1. The highest BCUT2D eigenvalue weighted by atomic mass is 32.1. The van der Waals surface area contributed by atoms with Gasteiger partial charge in [0.2, 0.25) is 0 Å². The van der Waals surface area contributed by atoms with E-state index >= 15 is 0 Å². The molecule has 1 aliphatic rings. The van der Waals surface area contributed by atoms with Crippen molar-refractivity contribution in [2.75, 3.05) is 32.8 Å². The third-order valence-corrected chi connectivity index (χ3v) is 5.88. The third kappa shape index (κ3) is 3.81. The lowest BCUT2D eigenvalue weighted by atomic mass is 10.2. The number of hydrogen-bond donors (Lipinski definition) is 1. The molecule has 8 heteroatoms. The van der Waals surface area contributed by atoms with Crippen LogP contribution >= 0.6 is 12.2 Å². The van der Waals surface area contributed by atoms with E-state index in [0.717, 1.165) is 67.6 Å². The zero-order valence-electron chi connectivity index (χ0n) is 16.7. The number of hydrogen-bond acceptors (Lipinski definition) is 5. The molecule has 154 valence electrons. The smallest absolute Gasteiger partial charge is 0.195 e. The summed E-state index contributed by atoms with van der Waals surface area (Å²) in [5.41, 5.74) is 3.15. The van der Waals surface area contributed by atoms with Crippen LogP contribution in [0.25, 0.3) is 22.4 Å². The molecule has 1 N–H and O–H groups in total. The Kier molecular flexibility index (Phi) is 5.44. The number of fused-ring (bicyclic) bond motifs is 1. The lowest BCUT2D eigenvalue weighted by Gasteiger charge is -2.26. The van der Waals surface area contributed by atoms with Gasteiger partial charge in [-0.1, -0.05) is 42.5 Å². The summed E-state index contributed by atoms with van der Waals surface area (Å²) in [4.78, 5) is 7.31. The quantitative estimate of drug-likeness (QED) is 0.485. The molecular weight excluding hydrogens is 396 g/mol. The van der Waals surface area contributed by atoms with Crippen molar-refractivity contribution in [1.29, 1.82) is 0 Å². The van der Waals surface area contributed by atoms with Crippen LogP contribution in [0, 0.1) is 4.77 Å². The van der Waals surface area contributed by atoms with Crippen LogP contribution in [-0.4, -0.2) is 62.1 Å². The molecule has 7 nitrogen and oxygen atoms in total. The number of rotatable bonds is 6. The van der Waals surface area contributed by atoms with Gasteiger partial charge < -0.3 is 13.9 Å². The average molecular weight is 421 g/mol. The van der Waals surface area contributed by atoms with Gasteiger partial charge in [0.25, 0.3) is 0 Å². The minimum absolute atomic E-state index is 0.598. The van der Waals surface area contributed by atoms with Crippen LogP contribution in [0.4, 0.5) is 0 Å². The van der Waals surface area contributed by atoms with E-state index in [0.29, 0.717) is 11.3 Å². The highest BCUT2D eigenvalue weighted by Gasteiger charge is 2.17. The van der Waals surface area contributed by atoms with E-state index in [9.17, 15) is 0 Å². The average Bonchev–Trinajstić information content (AvgIpc) is 3.34. The van der Waals surface area contributed by atoms with Gasteiger partial charge in [0.05, 0.1) is 30.8 Å². The van der Waals surface area contributed by atoms with E-state index in [2.05, 4.69) is 42.4 Å². The largest absolute Gasteiger partial charge is 0.379 e. The monoisotopic (exact) mass is 420 g/mol. The minimum Gasteiger partial charge on any atom is -0.379 e. The van der Waals surface area contributed by atoms with Crippen molar-refractivity contribution in [2.24, 2.45) is 0 Å². The number of imidazole rings is 1. The molecule has 5 rings (SSSR count). The summed E-state index contributed by atoms with van der Waals surface area (Å²) in [6.45, 7) is 5.85. The van der Waals surface area contributed by atoms with Gasteiger partial charge in [-0.2, -0.15) is 5.10 Å². The maximum absolute atomic E-state index is 5.53. The molecular formula is C22H24N6OS. The second kappa shape index (κ2) is 8.51. The fourth-order valence-electron chi connectivity index (χ4n) is 3.95. The van der Waals surface area contributed by atoms with Crippen LogP contribution in [0.5, 0.6) is 0 Å². The lowest BCUT2D eigenvalue weighted by Crippen LogP contribution is -2.38.